The van der Waals surface area contributed by atoms with Crippen LogP contribution in [-0.2, 0) is 6.42 Å². The molecule has 0 fully saturated rings. The lowest BCUT2D eigenvalue weighted by Crippen LogP contribution is -2.31. The summed E-state index contributed by atoms with van der Waals surface area (Å²) in [5.41, 5.74) is 11.5. The summed E-state index contributed by atoms with van der Waals surface area (Å²) in [5, 5.41) is 7.52. The van der Waals surface area contributed by atoms with Crippen LogP contribution >= 0.6 is 0 Å². The number of nitrogens with one attached hydrogen (secondary N) is 2. The smallest absolute Gasteiger partial charge is 0.220 e. The zero-order chi connectivity index (χ0) is 11.3. The fraction of sp³-hybridized carbons (Fsp3) is 0.333. The molecule has 0 aliphatic carbocycles. The second kappa shape index (κ2) is 5.04. The van der Waals surface area contributed by atoms with Crippen molar-refractivity contribution in [3.05, 3.63) is 24.0 Å². The molecule has 1 aromatic heterocycles. The Hall–Kier alpha value is -1.98. The van der Waals surface area contributed by atoms with Crippen molar-refractivity contribution < 1.29 is 0 Å². The van der Waals surface area contributed by atoms with Crippen LogP contribution in [0.4, 0.5) is 0 Å². The highest BCUT2D eigenvalue weighted by atomic mass is 15.2. The van der Waals surface area contributed by atoms with Gasteiger partial charge in [0.1, 0.15) is 0 Å². The molecule has 1 aromatic rings. The summed E-state index contributed by atoms with van der Waals surface area (Å²) in [5.74, 6) is -0.0148. The van der Waals surface area contributed by atoms with Gasteiger partial charge in [-0.2, -0.15) is 4.99 Å². The van der Waals surface area contributed by atoms with E-state index in [0.29, 0.717) is 6.54 Å². The molecule has 15 heavy (non-hydrogen) atoms. The summed E-state index contributed by atoms with van der Waals surface area (Å²) in [4.78, 5) is 8.31. The standard InChI is InChI=1S/C9H16N6/c1-15(9(12)14-8(10)11)5-3-7-2-4-13-6-7/h2,4,6,13H,3,5H2,1H3,(H5,10,11,12,14). The minimum Gasteiger partial charge on any atom is -0.370 e. The van der Waals surface area contributed by atoms with Crippen molar-refractivity contribution in [1.82, 2.24) is 9.88 Å². The Morgan fingerprint density at radius 2 is 2.33 bits per heavy atom. The Morgan fingerprint density at radius 3 is 2.87 bits per heavy atom. The molecule has 0 aliphatic heterocycles. The third-order valence-electron chi connectivity index (χ3n) is 1.99. The Balaban J connectivity index is 2.39. The van der Waals surface area contributed by atoms with Gasteiger partial charge in [-0.3, -0.25) is 5.41 Å². The molecule has 6 nitrogen and oxygen atoms in total. The van der Waals surface area contributed by atoms with Gasteiger partial charge < -0.3 is 21.4 Å². The van der Waals surface area contributed by atoms with E-state index < -0.39 is 0 Å². The summed E-state index contributed by atoms with van der Waals surface area (Å²) in [7, 11) is 1.78. The van der Waals surface area contributed by atoms with E-state index in [1.165, 1.54) is 5.56 Å². The maximum Gasteiger partial charge on any atom is 0.220 e. The molecule has 0 bridgehead atoms. The SMILES string of the molecule is CN(CCc1cc[nH]c1)C(=N)N=C(N)N. The number of aromatic nitrogens is 1. The molecule has 0 atom stereocenters. The molecule has 82 valence electrons. The van der Waals surface area contributed by atoms with Crippen LogP contribution in [0, 0.1) is 5.41 Å². The summed E-state index contributed by atoms with van der Waals surface area (Å²) < 4.78 is 0. The monoisotopic (exact) mass is 208 g/mol. The van der Waals surface area contributed by atoms with Crippen molar-refractivity contribution in [2.24, 2.45) is 16.5 Å². The third kappa shape index (κ3) is 3.72. The first-order chi connectivity index (χ1) is 7.09. The van der Waals surface area contributed by atoms with E-state index in [4.69, 9.17) is 16.9 Å². The van der Waals surface area contributed by atoms with Gasteiger partial charge in [0.2, 0.25) is 5.96 Å². The number of aliphatic imine (C=N–C) groups is 1. The van der Waals surface area contributed by atoms with Gasteiger partial charge in [-0.25, -0.2) is 0 Å². The molecule has 0 saturated carbocycles. The second-order valence-electron chi connectivity index (χ2n) is 3.25. The lowest BCUT2D eigenvalue weighted by atomic mass is 10.2. The van der Waals surface area contributed by atoms with Gasteiger partial charge in [0.15, 0.2) is 5.96 Å². The molecule has 0 spiro atoms. The lowest BCUT2D eigenvalue weighted by Gasteiger charge is -2.15. The molecule has 1 heterocycles. The zero-order valence-electron chi connectivity index (χ0n) is 8.70. The molecule has 0 aliphatic rings. The topological polar surface area (TPSA) is 107 Å². The van der Waals surface area contributed by atoms with E-state index in [1.807, 2.05) is 18.5 Å². The number of nitrogens with two attached hydrogens (primary N) is 2. The van der Waals surface area contributed by atoms with E-state index in [9.17, 15) is 0 Å². The van der Waals surface area contributed by atoms with Crippen molar-refractivity contribution in [3.63, 3.8) is 0 Å². The Bertz CT molecular complexity index is 335. The normalized spacial score (nSPS) is 9.67. The van der Waals surface area contributed by atoms with Gasteiger partial charge in [-0.15, -0.1) is 0 Å². The Kier molecular flexibility index (Phi) is 3.73. The summed E-state index contributed by atoms with van der Waals surface area (Å²) in [6.07, 6.45) is 4.65. The number of guanidine groups is 2. The first-order valence-electron chi connectivity index (χ1n) is 4.60. The van der Waals surface area contributed by atoms with Crippen LogP contribution in [0.1, 0.15) is 5.56 Å². The maximum atomic E-state index is 7.52. The minimum atomic E-state index is -0.0894. The van der Waals surface area contributed by atoms with Crippen LogP contribution in [0.15, 0.2) is 23.5 Å². The van der Waals surface area contributed by atoms with Gasteiger partial charge in [-0.1, -0.05) is 0 Å². The molecule has 6 heteroatoms. The van der Waals surface area contributed by atoms with Crippen LogP contribution in [-0.4, -0.2) is 35.4 Å². The number of H-pyrrole nitrogens is 1. The molecule has 0 aromatic carbocycles. The fourth-order valence-electron chi connectivity index (χ4n) is 1.12. The average Bonchev–Trinajstić information content (AvgIpc) is 2.65. The molecule has 0 unspecified atom stereocenters. The van der Waals surface area contributed by atoms with Crippen molar-refractivity contribution in [2.75, 3.05) is 13.6 Å². The van der Waals surface area contributed by atoms with Crippen molar-refractivity contribution in [2.45, 2.75) is 6.42 Å². The summed E-state index contributed by atoms with van der Waals surface area (Å²) >= 11 is 0. The van der Waals surface area contributed by atoms with Crippen LogP contribution < -0.4 is 11.5 Å². The molecule has 0 saturated heterocycles. The minimum absolute atomic E-state index is 0.0746. The highest BCUT2D eigenvalue weighted by Crippen LogP contribution is 1.99. The number of rotatable bonds is 3. The Morgan fingerprint density at radius 1 is 1.60 bits per heavy atom. The van der Waals surface area contributed by atoms with Gasteiger partial charge in [-0.05, 0) is 18.1 Å². The second-order valence-corrected chi connectivity index (χ2v) is 3.25. The van der Waals surface area contributed by atoms with Crippen LogP contribution in [0.2, 0.25) is 0 Å². The quantitative estimate of drug-likeness (QED) is 0.404. The van der Waals surface area contributed by atoms with E-state index in [2.05, 4.69) is 9.98 Å². The maximum absolute atomic E-state index is 7.52. The Labute approximate surface area is 88.5 Å². The molecular weight excluding hydrogens is 192 g/mol. The summed E-state index contributed by atoms with van der Waals surface area (Å²) in [6, 6.07) is 2.00. The van der Waals surface area contributed by atoms with Gasteiger partial charge in [0, 0.05) is 26.0 Å². The molecule has 0 amide bonds. The largest absolute Gasteiger partial charge is 0.370 e. The zero-order valence-corrected chi connectivity index (χ0v) is 8.70. The van der Waals surface area contributed by atoms with E-state index >= 15 is 0 Å². The number of hydrogen-bond donors (Lipinski definition) is 4. The van der Waals surface area contributed by atoms with Crippen molar-refractivity contribution in [3.8, 4) is 0 Å². The lowest BCUT2D eigenvalue weighted by molar-refractivity contribution is 0.499. The fourth-order valence-corrected chi connectivity index (χ4v) is 1.12. The number of aromatic amines is 1. The van der Waals surface area contributed by atoms with Crippen LogP contribution in [0.3, 0.4) is 0 Å². The first-order valence-corrected chi connectivity index (χ1v) is 4.60. The predicted molar refractivity (Wildman–Crippen MR) is 60.7 cm³/mol. The summed E-state index contributed by atoms with van der Waals surface area (Å²) in [6.45, 7) is 0.702. The predicted octanol–water partition coefficient (Wildman–Crippen LogP) is -0.303. The number of likely N-dealkylation sites (N-methyl/N-ethyl adjacent to an activating group) is 1. The van der Waals surface area contributed by atoms with Crippen molar-refractivity contribution >= 4 is 11.9 Å². The molecular formula is C9H16N6. The molecule has 0 radical (unpaired) electrons. The third-order valence-corrected chi connectivity index (χ3v) is 1.99. The van der Waals surface area contributed by atoms with Crippen LogP contribution in [0.5, 0.6) is 0 Å². The number of hydrogen-bond acceptors (Lipinski definition) is 1. The van der Waals surface area contributed by atoms with E-state index in [0.717, 1.165) is 6.42 Å². The van der Waals surface area contributed by atoms with E-state index in [-0.39, 0.29) is 11.9 Å². The first kappa shape index (κ1) is 11.1. The van der Waals surface area contributed by atoms with E-state index in [1.54, 1.807) is 11.9 Å². The number of nitrogens with zero attached hydrogens (tertiary/aromatic N) is 2. The van der Waals surface area contributed by atoms with Gasteiger partial charge in [0.25, 0.3) is 0 Å². The molecule has 1 rings (SSSR count). The van der Waals surface area contributed by atoms with Crippen LogP contribution in [0.25, 0.3) is 0 Å². The average molecular weight is 208 g/mol. The van der Waals surface area contributed by atoms with Crippen molar-refractivity contribution in [1.29, 1.82) is 5.41 Å². The molecule has 6 N–H and O–H groups in total. The van der Waals surface area contributed by atoms with Gasteiger partial charge >= 0.3 is 0 Å². The van der Waals surface area contributed by atoms with Gasteiger partial charge in [0.05, 0.1) is 0 Å². The highest BCUT2D eigenvalue weighted by molar-refractivity contribution is 5.91. The highest BCUT2D eigenvalue weighted by Gasteiger charge is 2.03.